The van der Waals surface area contributed by atoms with Gasteiger partial charge in [0.25, 0.3) is 0 Å². The number of fused-ring (bicyclic) bond motifs is 2. The van der Waals surface area contributed by atoms with Gasteiger partial charge >= 0.3 is 0 Å². The van der Waals surface area contributed by atoms with E-state index in [0.717, 1.165) is 29.7 Å². The maximum atomic E-state index is 11.9. The summed E-state index contributed by atoms with van der Waals surface area (Å²) in [6.07, 6.45) is 9.42. The standard InChI is InChI=1S/C16H14O3/c1-2-8-18-12-7-6-11-9-13-14(17)4-3-5-15(13)19-16(11)10-12/h1,6-7,9-10,15H,3-5,8H2. The lowest BCUT2D eigenvalue weighted by Crippen LogP contribution is -2.31. The third kappa shape index (κ3) is 2.22. The van der Waals surface area contributed by atoms with Gasteiger partial charge in [-0.2, -0.15) is 0 Å². The quantitative estimate of drug-likeness (QED) is 0.761. The molecule has 1 heterocycles. The Hall–Kier alpha value is -2.21. The fraction of sp³-hybridized carbons (Fsp3) is 0.312. The second-order valence-corrected chi connectivity index (χ2v) is 4.71. The molecule has 0 aromatic heterocycles. The summed E-state index contributed by atoms with van der Waals surface area (Å²) < 4.78 is 11.3. The number of carbonyl (C=O) groups excluding carboxylic acids is 1. The molecule has 3 heteroatoms. The zero-order chi connectivity index (χ0) is 13.2. The lowest BCUT2D eigenvalue weighted by molar-refractivity contribution is -0.117. The third-order valence-electron chi connectivity index (χ3n) is 3.43. The van der Waals surface area contributed by atoms with Crippen LogP contribution in [0.15, 0.2) is 23.8 Å². The first-order valence-corrected chi connectivity index (χ1v) is 6.39. The number of rotatable bonds is 2. The maximum absolute atomic E-state index is 11.9. The van der Waals surface area contributed by atoms with Gasteiger partial charge in [-0.25, -0.2) is 0 Å². The van der Waals surface area contributed by atoms with Gasteiger partial charge in [0.1, 0.15) is 24.2 Å². The summed E-state index contributed by atoms with van der Waals surface area (Å²) in [7, 11) is 0. The molecule has 1 fully saturated rings. The van der Waals surface area contributed by atoms with Crippen LogP contribution in [0.25, 0.3) is 6.08 Å². The van der Waals surface area contributed by atoms with Gasteiger partial charge in [0.05, 0.1) is 0 Å². The van der Waals surface area contributed by atoms with Crippen LogP contribution in [-0.4, -0.2) is 18.5 Å². The van der Waals surface area contributed by atoms with Gasteiger partial charge in [0, 0.05) is 23.6 Å². The average Bonchev–Trinajstić information content (AvgIpc) is 2.43. The smallest absolute Gasteiger partial charge is 0.162 e. The fourth-order valence-corrected chi connectivity index (χ4v) is 2.49. The summed E-state index contributed by atoms with van der Waals surface area (Å²) in [5.41, 5.74) is 1.73. The summed E-state index contributed by atoms with van der Waals surface area (Å²) >= 11 is 0. The van der Waals surface area contributed by atoms with Crippen LogP contribution in [0.1, 0.15) is 24.8 Å². The first-order valence-electron chi connectivity index (χ1n) is 6.39. The van der Waals surface area contributed by atoms with Crippen LogP contribution in [0, 0.1) is 12.3 Å². The van der Waals surface area contributed by atoms with Crippen molar-refractivity contribution in [2.45, 2.75) is 25.4 Å². The van der Waals surface area contributed by atoms with E-state index in [1.807, 2.05) is 24.3 Å². The van der Waals surface area contributed by atoms with Crippen molar-refractivity contribution in [1.29, 1.82) is 0 Å². The Balaban J connectivity index is 1.92. The highest BCUT2D eigenvalue weighted by atomic mass is 16.5. The molecule has 0 N–H and O–H groups in total. The zero-order valence-corrected chi connectivity index (χ0v) is 10.5. The highest BCUT2D eigenvalue weighted by Gasteiger charge is 2.30. The summed E-state index contributed by atoms with van der Waals surface area (Å²) in [5, 5.41) is 0. The molecule has 3 nitrogen and oxygen atoms in total. The lowest BCUT2D eigenvalue weighted by atomic mass is 9.87. The molecule has 0 radical (unpaired) electrons. The molecule has 1 aliphatic heterocycles. The van der Waals surface area contributed by atoms with E-state index in [1.165, 1.54) is 0 Å². The van der Waals surface area contributed by atoms with Crippen LogP contribution < -0.4 is 9.47 Å². The molecule has 1 aromatic rings. The minimum Gasteiger partial charge on any atom is -0.485 e. The molecular formula is C16H14O3. The van der Waals surface area contributed by atoms with Gasteiger partial charge in [-0.05, 0) is 31.1 Å². The number of hydrogen-bond acceptors (Lipinski definition) is 3. The monoisotopic (exact) mass is 254 g/mol. The Labute approximate surface area is 112 Å². The predicted octanol–water partition coefficient (Wildman–Crippen LogP) is 2.60. The molecule has 1 unspecified atom stereocenters. The average molecular weight is 254 g/mol. The van der Waals surface area contributed by atoms with E-state index in [-0.39, 0.29) is 18.5 Å². The van der Waals surface area contributed by atoms with Crippen molar-refractivity contribution in [1.82, 2.24) is 0 Å². The number of benzene rings is 1. The van der Waals surface area contributed by atoms with Gasteiger partial charge in [-0.15, -0.1) is 6.42 Å². The van der Waals surface area contributed by atoms with Crippen LogP contribution >= 0.6 is 0 Å². The molecule has 0 saturated heterocycles. The molecule has 0 amide bonds. The highest BCUT2D eigenvalue weighted by molar-refractivity contribution is 6.02. The van der Waals surface area contributed by atoms with Gasteiger partial charge in [0.15, 0.2) is 5.78 Å². The van der Waals surface area contributed by atoms with E-state index in [1.54, 1.807) is 0 Å². The van der Waals surface area contributed by atoms with Crippen molar-refractivity contribution in [3.8, 4) is 23.8 Å². The summed E-state index contributed by atoms with van der Waals surface area (Å²) in [4.78, 5) is 11.9. The van der Waals surface area contributed by atoms with Crippen molar-refractivity contribution < 1.29 is 14.3 Å². The van der Waals surface area contributed by atoms with Crippen LogP contribution in [0.2, 0.25) is 0 Å². The predicted molar refractivity (Wildman–Crippen MR) is 72.0 cm³/mol. The SMILES string of the molecule is C#CCOc1ccc2c(c1)OC1CCCC(=O)C1=C2. The Morgan fingerprint density at radius 2 is 2.37 bits per heavy atom. The second kappa shape index (κ2) is 4.81. The molecule has 0 bridgehead atoms. The largest absolute Gasteiger partial charge is 0.485 e. The van der Waals surface area contributed by atoms with E-state index >= 15 is 0 Å². The summed E-state index contributed by atoms with van der Waals surface area (Å²) in [6.45, 7) is 0.238. The van der Waals surface area contributed by atoms with Gasteiger partial charge in [-0.3, -0.25) is 4.79 Å². The van der Waals surface area contributed by atoms with Crippen molar-refractivity contribution in [3.63, 3.8) is 0 Å². The maximum Gasteiger partial charge on any atom is 0.162 e. The normalized spacial score (nSPS) is 20.5. The van der Waals surface area contributed by atoms with Crippen LogP contribution in [-0.2, 0) is 4.79 Å². The number of hydrogen-bond donors (Lipinski definition) is 0. The van der Waals surface area contributed by atoms with Gasteiger partial charge in [-0.1, -0.05) is 5.92 Å². The molecule has 1 atom stereocenters. The number of Topliss-reactive ketones (excluding diaryl/α,β-unsaturated/α-hetero) is 1. The van der Waals surface area contributed by atoms with E-state index in [4.69, 9.17) is 15.9 Å². The van der Waals surface area contributed by atoms with E-state index in [0.29, 0.717) is 12.2 Å². The van der Waals surface area contributed by atoms with Crippen LogP contribution in [0.3, 0.4) is 0 Å². The molecule has 1 aromatic carbocycles. The number of terminal acetylenes is 1. The van der Waals surface area contributed by atoms with Crippen LogP contribution in [0.5, 0.6) is 11.5 Å². The van der Waals surface area contributed by atoms with Crippen LogP contribution in [0.4, 0.5) is 0 Å². The fourth-order valence-electron chi connectivity index (χ4n) is 2.49. The molecular weight excluding hydrogens is 240 g/mol. The van der Waals surface area contributed by atoms with E-state index < -0.39 is 0 Å². The first-order chi connectivity index (χ1) is 9.28. The van der Waals surface area contributed by atoms with Crippen molar-refractivity contribution in [2.24, 2.45) is 0 Å². The number of carbonyl (C=O) groups is 1. The highest BCUT2D eigenvalue weighted by Crippen LogP contribution is 2.36. The zero-order valence-electron chi connectivity index (χ0n) is 10.5. The van der Waals surface area contributed by atoms with Crippen molar-refractivity contribution in [2.75, 3.05) is 6.61 Å². The Kier molecular flexibility index (Phi) is 3.00. The first kappa shape index (κ1) is 11.9. The molecule has 96 valence electrons. The molecule has 1 aliphatic carbocycles. The molecule has 1 saturated carbocycles. The third-order valence-corrected chi connectivity index (χ3v) is 3.43. The molecule has 2 aliphatic rings. The Bertz CT molecular complexity index is 593. The Morgan fingerprint density at radius 1 is 1.47 bits per heavy atom. The van der Waals surface area contributed by atoms with Gasteiger partial charge < -0.3 is 9.47 Å². The van der Waals surface area contributed by atoms with E-state index in [2.05, 4.69) is 5.92 Å². The van der Waals surface area contributed by atoms with Crippen molar-refractivity contribution in [3.05, 3.63) is 29.3 Å². The molecule has 19 heavy (non-hydrogen) atoms. The topological polar surface area (TPSA) is 35.5 Å². The minimum atomic E-state index is -0.100. The summed E-state index contributed by atoms with van der Waals surface area (Å²) in [5.74, 6) is 4.08. The summed E-state index contributed by atoms with van der Waals surface area (Å²) in [6, 6.07) is 5.57. The number of ether oxygens (including phenoxy) is 2. The minimum absolute atomic E-state index is 0.100. The molecule has 0 spiro atoms. The Morgan fingerprint density at radius 3 is 3.21 bits per heavy atom. The lowest BCUT2D eigenvalue weighted by Gasteiger charge is -2.29. The van der Waals surface area contributed by atoms with E-state index in [9.17, 15) is 4.79 Å². The number of ketones is 1. The molecule has 3 rings (SSSR count). The van der Waals surface area contributed by atoms with Crippen molar-refractivity contribution >= 4 is 11.9 Å². The van der Waals surface area contributed by atoms with Gasteiger partial charge in [0.2, 0.25) is 0 Å². The second-order valence-electron chi connectivity index (χ2n) is 4.71.